The minimum Gasteiger partial charge on any atom is -0.325 e. The van der Waals surface area contributed by atoms with Gasteiger partial charge in [-0.3, -0.25) is 4.79 Å². The first-order valence-electron chi connectivity index (χ1n) is 10.5. The lowest BCUT2D eigenvalue weighted by atomic mass is 10.1. The van der Waals surface area contributed by atoms with Crippen LogP contribution in [0.25, 0.3) is 11.3 Å². The van der Waals surface area contributed by atoms with Crippen molar-refractivity contribution in [1.29, 1.82) is 0 Å². The number of amides is 1. The van der Waals surface area contributed by atoms with Gasteiger partial charge in [0, 0.05) is 33.2 Å². The quantitative estimate of drug-likeness (QED) is 0.283. The highest BCUT2D eigenvalue weighted by Gasteiger charge is 2.27. The topological polar surface area (TPSA) is 79.4 Å². The molecule has 4 rings (SSSR count). The average molecular weight is 547 g/mol. The Kier molecular flexibility index (Phi) is 7.88. The first-order valence-corrected chi connectivity index (χ1v) is 13.6. The summed E-state index contributed by atoms with van der Waals surface area (Å²) in [4.78, 5) is 17.6. The van der Waals surface area contributed by atoms with Crippen molar-refractivity contribution in [3.05, 3.63) is 98.8 Å². The Bertz CT molecular complexity index is 1460. The molecule has 0 saturated carbocycles. The molecule has 0 bridgehead atoms. The summed E-state index contributed by atoms with van der Waals surface area (Å²) >= 11 is 13.8. The van der Waals surface area contributed by atoms with Crippen molar-refractivity contribution in [2.24, 2.45) is 0 Å². The van der Waals surface area contributed by atoms with Crippen LogP contribution in [0, 0.1) is 6.92 Å². The van der Waals surface area contributed by atoms with E-state index < -0.39 is 22.5 Å². The van der Waals surface area contributed by atoms with Crippen molar-refractivity contribution in [2.75, 3.05) is 11.9 Å². The zero-order valence-corrected chi connectivity index (χ0v) is 21.8. The maximum Gasteiger partial charge on any atom is 0.243 e. The SMILES string of the molecule is Cc1nc(-c2cccc(NC(=O)CN(Cc3ccc(Cl)cc3Cl)S(=O)(=O)c3ccccc3)c2)cs1. The van der Waals surface area contributed by atoms with Crippen LogP contribution >= 0.6 is 34.5 Å². The first kappa shape index (κ1) is 25.3. The minimum atomic E-state index is -3.99. The van der Waals surface area contributed by atoms with Crippen LogP contribution in [0.15, 0.2) is 83.1 Å². The molecule has 1 amide bonds. The Labute approximate surface area is 218 Å². The van der Waals surface area contributed by atoms with Gasteiger partial charge in [0.05, 0.1) is 22.1 Å². The van der Waals surface area contributed by atoms with E-state index in [1.54, 1.807) is 53.8 Å². The third kappa shape index (κ3) is 6.28. The standard InChI is InChI=1S/C25H21Cl2N3O3S2/c1-17-28-24(16-34-17)18-6-5-7-21(12-18)29-25(31)15-30(14-19-10-11-20(26)13-23(19)27)35(32,33)22-8-3-2-4-9-22/h2-13,16H,14-15H2,1H3,(H,29,31). The van der Waals surface area contributed by atoms with Crippen LogP contribution < -0.4 is 5.32 Å². The summed E-state index contributed by atoms with van der Waals surface area (Å²) in [7, 11) is -3.99. The van der Waals surface area contributed by atoms with Gasteiger partial charge in [0.15, 0.2) is 0 Å². The van der Waals surface area contributed by atoms with E-state index in [0.717, 1.165) is 20.6 Å². The average Bonchev–Trinajstić information content (AvgIpc) is 3.27. The molecule has 3 aromatic carbocycles. The van der Waals surface area contributed by atoms with E-state index in [2.05, 4.69) is 10.3 Å². The number of nitrogens with zero attached hydrogens (tertiary/aromatic N) is 2. The second kappa shape index (κ2) is 10.9. The van der Waals surface area contributed by atoms with Crippen LogP contribution in [0.3, 0.4) is 0 Å². The van der Waals surface area contributed by atoms with Crippen LogP contribution in [0.5, 0.6) is 0 Å². The zero-order chi connectivity index (χ0) is 25.0. The van der Waals surface area contributed by atoms with Crippen molar-refractivity contribution < 1.29 is 13.2 Å². The molecule has 0 spiro atoms. The van der Waals surface area contributed by atoms with E-state index in [9.17, 15) is 13.2 Å². The molecule has 0 unspecified atom stereocenters. The number of rotatable bonds is 8. The van der Waals surface area contributed by atoms with Crippen LogP contribution in [0.2, 0.25) is 10.0 Å². The van der Waals surface area contributed by atoms with Crippen molar-refractivity contribution >= 4 is 56.2 Å². The van der Waals surface area contributed by atoms with Crippen molar-refractivity contribution in [2.45, 2.75) is 18.4 Å². The van der Waals surface area contributed by atoms with Gasteiger partial charge in [-0.1, -0.05) is 59.6 Å². The number of aryl methyl sites for hydroxylation is 1. The maximum absolute atomic E-state index is 13.4. The summed E-state index contributed by atoms with van der Waals surface area (Å²) in [5.41, 5.74) is 2.74. The van der Waals surface area contributed by atoms with E-state index >= 15 is 0 Å². The molecule has 0 aliphatic heterocycles. The summed E-state index contributed by atoms with van der Waals surface area (Å²) in [6.07, 6.45) is 0. The van der Waals surface area contributed by atoms with Crippen molar-refractivity contribution in [1.82, 2.24) is 9.29 Å². The van der Waals surface area contributed by atoms with Gasteiger partial charge in [-0.15, -0.1) is 11.3 Å². The first-order chi connectivity index (χ1) is 16.7. The monoisotopic (exact) mass is 545 g/mol. The fourth-order valence-electron chi connectivity index (χ4n) is 3.42. The number of hydrogen-bond acceptors (Lipinski definition) is 5. The molecule has 6 nitrogen and oxygen atoms in total. The lowest BCUT2D eigenvalue weighted by Crippen LogP contribution is -2.37. The summed E-state index contributed by atoms with van der Waals surface area (Å²) in [5.74, 6) is -0.485. The fourth-order valence-corrected chi connectivity index (χ4v) is 5.91. The Morgan fingerprint density at radius 3 is 2.49 bits per heavy atom. The number of carbonyl (C=O) groups is 1. The third-order valence-electron chi connectivity index (χ3n) is 5.12. The molecule has 1 heterocycles. The normalized spacial score (nSPS) is 11.5. The highest BCUT2D eigenvalue weighted by atomic mass is 35.5. The van der Waals surface area contributed by atoms with Crippen LogP contribution in [0.1, 0.15) is 10.6 Å². The number of nitrogens with one attached hydrogen (secondary N) is 1. The number of halogens is 2. The molecule has 0 atom stereocenters. The van der Waals surface area contributed by atoms with Gasteiger partial charge in [0.25, 0.3) is 0 Å². The molecule has 35 heavy (non-hydrogen) atoms. The van der Waals surface area contributed by atoms with E-state index in [1.807, 2.05) is 24.4 Å². The lowest BCUT2D eigenvalue weighted by Gasteiger charge is -2.22. The summed E-state index contributed by atoms with van der Waals surface area (Å²) in [6.45, 7) is 1.42. The molecular weight excluding hydrogens is 525 g/mol. The number of carbonyl (C=O) groups excluding carboxylic acids is 1. The predicted octanol–water partition coefficient (Wildman–Crippen LogP) is 6.25. The van der Waals surface area contributed by atoms with E-state index in [0.29, 0.717) is 21.3 Å². The number of hydrogen-bond donors (Lipinski definition) is 1. The minimum absolute atomic E-state index is 0.0822. The number of benzene rings is 3. The maximum atomic E-state index is 13.4. The van der Waals surface area contributed by atoms with Gasteiger partial charge < -0.3 is 5.32 Å². The second-order valence-electron chi connectivity index (χ2n) is 7.70. The van der Waals surface area contributed by atoms with Gasteiger partial charge in [-0.25, -0.2) is 13.4 Å². The number of thiazole rings is 1. The molecule has 0 aliphatic rings. The molecule has 1 aromatic heterocycles. The fraction of sp³-hybridized carbons (Fsp3) is 0.120. The molecule has 4 aromatic rings. The molecule has 0 fully saturated rings. The van der Waals surface area contributed by atoms with Crippen LogP contribution in [-0.4, -0.2) is 30.2 Å². The number of anilines is 1. The summed E-state index contributed by atoms with van der Waals surface area (Å²) < 4.78 is 27.9. The Hall–Kier alpha value is -2.75. The van der Waals surface area contributed by atoms with Gasteiger partial charge >= 0.3 is 0 Å². The molecule has 0 saturated heterocycles. The number of aromatic nitrogens is 1. The van der Waals surface area contributed by atoms with Crippen molar-refractivity contribution in [3.8, 4) is 11.3 Å². The van der Waals surface area contributed by atoms with Gasteiger partial charge in [-0.05, 0) is 48.9 Å². The summed E-state index contributed by atoms with van der Waals surface area (Å²) in [6, 6.07) is 20.0. The smallest absolute Gasteiger partial charge is 0.243 e. The molecule has 1 N–H and O–H groups in total. The van der Waals surface area contributed by atoms with Crippen LogP contribution in [0.4, 0.5) is 5.69 Å². The Balaban J connectivity index is 1.59. The highest BCUT2D eigenvalue weighted by molar-refractivity contribution is 7.89. The van der Waals surface area contributed by atoms with Gasteiger partial charge in [-0.2, -0.15) is 4.31 Å². The molecule has 0 radical (unpaired) electrons. The van der Waals surface area contributed by atoms with E-state index in [4.69, 9.17) is 23.2 Å². The largest absolute Gasteiger partial charge is 0.325 e. The van der Waals surface area contributed by atoms with Crippen molar-refractivity contribution in [3.63, 3.8) is 0 Å². The molecule has 10 heteroatoms. The second-order valence-corrected chi connectivity index (χ2v) is 11.5. The van der Waals surface area contributed by atoms with Crippen LogP contribution in [-0.2, 0) is 21.4 Å². The van der Waals surface area contributed by atoms with E-state index in [-0.39, 0.29) is 11.4 Å². The molecular formula is C25H21Cl2N3O3S2. The number of sulfonamides is 1. The van der Waals surface area contributed by atoms with Gasteiger partial charge in [0.1, 0.15) is 0 Å². The zero-order valence-electron chi connectivity index (χ0n) is 18.6. The third-order valence-corrected chi connectivity index (χ3v) is 8.29. The molecule has 180 valence electrons. The molecule has 0 aliphatic carbocycles. The lowest BCUT2D eigenvalue weighted by molar-refractivity contribution is -0.116. The predicted molar refractivity (Wildman–Crippen MR) is 141 cm³/mol. The highest BCUT2D eigenvalue weighted by Crippen LogP contribution is 2.26. The van der Waals surface area contributed by atoms with E-state index in [1.165, 1.54) is 18.2 Å². The Morgan fingerprint density at radius 1 is 1.03 bits per heavy atom. The summed E-state index contributed by atoms with van der Waals surface area (Å²) in [5, 5.41) is 6.44. The Morgan fingerprint density at radius 2 is 1.80 bits per heavy atom. The van der Waals surface area contributed by atoms with Gasteiger partial charge in [0.2, 0.25) is 15.9 Å².